The van der Waals surface area contributed by atoms with Gasteiger partial charge in [0.1, 0.15) is 0 Å². The second-order valence-electron chi connectivity index (χ2n) is 8.07. The topological polar surface area (TPSA) is 62.7 Å². The second kappa shape index (κ2) is 9.85. The van der Waals surface area contributed by atoms with Gasteiger partial charge in [0.25, 0.3) is 5.91 Å². The average Bonchev–Trinajstić information content (AvgIpc) is 2.81. The summed E-state index contributed by atoms with van der Waals surface area (Å²) in [5.74, 6) is 0.208. The first-order chi connectivity index (χ1) is 14.7. The summed E-state index contributed by atoms with van der Waals surface area (Å²) < 4.78 is 5.54. The minimum Gasteiger partial charge on any atom is -0.381 e. The molecule has 30 heavy (non-hydrogen) atoms. The maximum absolute atomic E-state index is 13.3. The summed E-state index contributed by atoms with van der Waals surface area (Å²) in [6.07, 6.45) is 7.10. The van der Waals surface area contributed by atoms with E-state index in [0.717, 1.165) is 31.2 Å². The molecule has 0 atom stereocenters. The zero-order valence-electron chi connectivity index (χ0n) is 17.3. The van der Waals surface area contributed by atoms with Crippen LogP contribution in [0.15, 0.2) is 54.9 Å². The molecule has 158 valence electrons. The van der Waals surface area contributed by atoms with Gasteiger partial charge in [-0.1, -0.05) is 30.3 Å². The summed E-state index contributed by atoms with van der Waals surface area (Å²) in [5.41, 5.74) is 1.67. The largest absolute Gasteiger partial charge is 0.381 e. The van der Waals surface area contributed by atoms with Crippen LogP contribution in [0.1, 0.15) is 41.6 Å². The number of amides is 2. The molecular weight excluding hydrogens is 378 g/mol. The smallest absolute Gasteiger partial charge is 0.255 e. The van der Waals surface area contributed by atoms with Gasteiger partial charge in [-0.15, -0.1) is 0 Å². The number of hydrogen-bond donors (Lipinski definition) is 0. The summed E-state index contributed by atoms with van der Waals surface area (Å²) >= 11 is 0. The van der Waals surface area contributed by atoms with E-state index in [2.05, 4.69) is 9.88 Å². The second-order valence-corrected chi connectivity index (χ2v) is 8.07. The highest BCUT2D eigenvalue weighted by Gasteiger charge is 2.34. The number of carbonyl (C=O) groups is 2. The van der Waals surface area contributed by atoms with Crippen LogP contribution in [0.4, 0.5) is 0 Å². The lowest BCUT2D eigenvalue weighted by Gasteiger charge is -2.43. The molecule has 0 bridgehead atoms. The van der Waals surface area contributed by atoms with Gasteiger partial charge in [-0.25, -0.2) is 0 Å². The summed E-state index contributed by atoms with van der Waals surface area (Å²) in [4.78, 5) is 34.2. The Balaban J connectivity index is 1.43. The fraction of sp³-hybridized carbons (Fsp3) is 0.458. The third-order valence-electron chi connectivity index (χ3n) is 6.12. The summed E-state index contributed by atoms with van der Waals surface area (Å²) in [7, 11) is 0. The van der Waals surface area contributed by atoms with Crippen molar-refractivity contribution in [2.24, 2.45) is 0 Å². The van der Waals surface area contributed by atoms with Gasteiger partial charge >= 0.3 is 0 Å². The molecule has 0 N–H and O–H groups in total. The monoisotopic (exact) mass is 407 g/mol. The van der Waals surface area contributed by atoms with Gasteiger partial charge in [-0.3, -0.25) is 14.6 Å². The molecule has 0 unspecified atom stereocenters. The normalized spacial score (nSPS) is 18.2. The molecule has 0 aliphatic carbocycles. The van der Waals surface area contributed by atoms with E-state index >= 15 is 0 Å². The van der Waals surface area contributed by atoms with Gasteiger partial charge in [0.2, 0.25) is 5.91 Å². The zero-order valence-corrected chi connectivity index (χ0v) is 17.3. The Labute approximate surface area is 177 Å². The molecular formula is C24H29N3O3. The first kappa shape index (κ1) is 20.5. The molecule has 0 radical (unpaired) electrons. The molecule has 2 fully saturated rings. The number of carbonyl (C=O) groups excluding carboxylic acids is 2. The highest BCUT2D eigenvalue weighted by Crippen LogP contribution is 2.25. The summed E-state index contributed by atoms with van der Waals surface area (Å²) in [5, 5.41) is 0. The van der Waals surface area contributed by atoms with Gasteiger partial charge in [-0.2, -0.15) is 0 Å². The van der Waals surface area contributed by atoms with Crippen molar-refractivity contribution in [3.8, 4) is 0 Å². The Kier molecular flexibility index (Phi) is 6.74. The van der Waals surface area contributed by atoms with Crippen LogP contribution >= 0.6 is 0 Å². The number of piperidine rings is 1. The number of rotatable bonds is 5. The Morgan fingerprint density at radius 1 is 0.967 bits per heavy atom. The van der Waals surface area contributed by atoms with Crippen LogP contribution in [0, 0.1) is 0 Å². The van der Waals surface area contributed by atoms with Gasteiger partial charge < -0.3 is 14.5 Å². The lowest BCUT2D eigenvalue weighted by molar-refractivity contribution is -0.139. The molecule has 2 aromatic rings. The van der Waals surface area contributed by atoms with Crippen LogP contribution < -0.4 is 0 Å². The van der Waals surface area contributed by atoms with Gasteiger partial charge in [0.05, 0.1) is 12.0 Å². The van der Waals surface area contributed by atoms with E-state index in [1.165, 1.54) is 0 Å². The number of ether oxygens (including phenoxy) is 1. The van der Waals surface area contributed by atoms with E-state index in [-0.39, 0.29) is 23.9 Å². The number of hydrogen-bond acceptors (Lipinski definition) is 4. The standard InChI is InChI=1S/C24H29N3O3/c28-23(17-19-5-2-1-3-6-19)27(22-10-15-30-16-11-22)21-8-13-26(14-9-21)24(29)20-7-4-12-25-18-20/h1-7,12,18,21-22H,8-11,13-17H2. The molecule has 0 saturated carbocycles. The quantitative estimate of drug-likeness (QED) is 0.765. The number of aromatic nitrogens is 1. The molecule has 4 rings (SSSR count). The number of benzene rings is 1. The molecule has 2 aliphatic heterocycles. The first-order valence-corrected chi connectivity index (χ1v) is 10.8. The third-order valence-corrected chi connectivity index (χ3v) is 6.12. The van der Waals surface area contributed by atoms with Gasteiger partial charge in [0.15, 0.2) is 0 Å². The van der Waals surface area contributed by atoms with Crippen molar-refractivity contribution >= 4 is 11.8 Å². The van der Waals surface area contributed by atoms with Crippen molar-refractivity contribution in [2.45, 2.75) is 44.2 Å². The maximum atomic E-state index is 13.3. The SMILES string of the molecule is O=C(c1cccnc1)N1CCC(N(C(=O)Cc2ccccc2)C2CCOCC2)CC1. The molecule has 0 spiro atoms. The summed E-state index contributed by atoms with van der Waals surface area (Å²) in [6, 6.07) is 13.9. The molecule has 6 nitrogen and oxygen atoms in total. The van der Waals surface area contributed by atoms with Crippen LogP contribution in [0.5, 0.6) is 0 Å². The highest BCUT2D eigenvalue weighted by molar-refractivity contribution is 5.94. The van der Waals surface area contributed by atoms with Gasteiger partial charge in [0, 0.05) is 50.8 Å². The predicted molar refractivity (Wildman–Crippen MR) is 114 cm³/mol. The minimum absolute atomic E-state index is 0.0229. The zero-order chi connectivity index (χ0) is 20.8. The van der Waals surface area contributed by atoms with E-state index < -0.39 is 0 Å². The van der Waals surface area contributed by atoms with Crippen LogP contribution in [-0.4, -0.2) is 65.0 Å². The number of pyridine rings is 1. The van der Waals surface area contributed by atoms with E-state index in [1.54, 1.807) is 24.5 Å². The molecule has 2 aliphatic rings. The Morgan fingerprint density at radius 2 is 1.67 bits per heavy atom. The van der Waals surface area contributed by atoms with Crippen molar-refractivity contribution in [2.75, 3.05) is 26.3 Å². The van der Waals surface area contributed by atoms with Crippen LogP contribution in [0.3, 0.4) is 0 Å². The number of likely N-dealkylation sites (tertiary alicyclic amines) is 1. The molecule has 2 amide bonds. The van der Waals surface area contributed by atoms with Crippen molar-refractivity contribution in [1.82, 2.24) is 14.8 Å². The fourth-order valence-corrected chi connectivity index (χ4v) is 4.55. The molecule has 1 aromatic carbocycles. The Morgan fingerprint density at radius 3 is 2.33 bits per heavy atom. The molecule has 6 heteroatoms. The Bertz CT molecular complexity index is 829. The fourth-order valence-electron chi connectivity index (χ4n) is 4.55. The van der Waals surface area contributed by atoms with Crippen molar-refractivity contribution in [3.63, 3.8) is 0 Å². The van der Waals surface area contributed by atoms with Crippen molar-refractivity contribution < 1.29 is 14.3 Å². The maximum Gasteiger partial charge on any atom is 0.255 e. The third kappa shape index (κ3) is 4.87. The lowest BCUT2D eigenvalue weighted by atomic mass is 9.96. The summed E-state index contributed by atoms with van der Waals surface area (Å²) in [6.45, 7) is 2.74. The van der Waals surface area contributed by atoms with Crippen LogP contribution in [0.2, 0.25) is 0 Å². The van der Waals surface area contributed by atoms with Crippen molar-refractivity contribution in [1.29, 1.82) is 0 Å². The van der Waals surface area contributed by atoms with Gasteiger partial charge in [-0.05, 0) is 43.4 Å². The molecule has 2 saturated heterocycles. The van der Waals surface area contributed by atoms with Crippen LogP contribution in [0.25, 0.3) is 0 Å². The van der Waals surface area contributed by atoms with E-state index in [4.69, 9.17) is 4.74 Å². The van der Waals surface area contributed by atoms with Crippen LogP contribution in [-0.2, 0) is 16.0 Å². The van der Waals surface area contributed by atoms with E-state index in [1.807, 2.05) is 35.2 Å². The number of nitrogens with zero attached hydrogens (tertiary/aromatic N) is 3. The first-order valence-electron chi connectivity index (χ1n) is 10.8. The molecule has 3 heterocycles. The highest BCUT2D eigenvalue weighted by atomic mass is 16.5. The van der Waals surface area contributed by atoms with E-state index in [9.17, 15) is 9.59 Å². The lowest BCUT2D eigenvalue weighted by Crippen LogP contribution is -2.54. The Hall–Kier alpha value is -2.73. The molecule has 1 aromatic heterocycles. The van der Waals surface area contributed by atoms with E-state index in [0.29, 0.717) is 38.3 Å². The predicted octanol–water partition coefficient (Wildman–Crippen LogP) is 2.94. The average molecular weight is 408 g/mol. The minimum atomic E-state index is 0.0229. The van der Waals surface area contributed by atoms with Crippen molar-refractivity contribution in [3.05, 3.63) is 66.0 Å².